The molecule has 1 rings (SSSR count). The van der Waals surface area contributed by atoms with Crippen molar-refractivity contribution in [2.24, 2.45) is 0 Å². The highest BCUT2D eigenvalue weighted by molar-refractivity contribution is 5.87. The van der Waals surface area contributed by atoms with Crippen molar-refractivity contribution in [3.8, 4) is 5.75 Å². The van der Waals surface area contributed by atoms with Gasteiger partial charge in [-0.2, -0.15) is 0 Å². The molecule has 0 saturated heterocycles. The summed E-state index contributed by atoms with van der Waals surface area (Å²) in [6, 6.07) is 7.40. The number of carbonyl (C=O) groups excluding carboxylic acids is 1. The first-order valence-electron chi connectivity index (χ1n) is 4.20. The van der Waals surface area contributed by atoms with Crippen LogP contribution >= 0.6 is 0 Å². The lowest BCUT2D eigenvalue weighted by molar-refractivity contribution is 0.415. The van der Waals surface area contributed by atoms with Crippen LogP contribution in [0.2, 0.25) is 0 Å². The predicted octanol–water partition coefficient (Wildman–Crippen LogP) is 2.32. The van der Waals surface area contributed by atoms with E-state index in [1.54, 1.807) is 7.11 Å². The third kappa shape index (κ3) is 2.20. The Morgan fingerprint density at radius 1 is 1.38 bits per heavy atom. The fourth-order valence-electron chi connectivity index (χ4n) is 1.13. The van der Waals surface area contributed by atoms with Crippen LogP contribution in [-0.4, -0.2) is 13.1 Å². The van der Waals surface area contributed by atoms with Crippen LogP contribution < -0.4 is 4.74 Å². The lowest BCUT2D eigenvalue weighted by Crippen LogP contribution is -1.85. The molecule has 68 valence electrons. The van der Waals surface area contributed by atoms with E-state index in [1.165, 1.54) is 0 Å². The van der Waals surface area contributed by atoms with Crippen LogP contribution in [0.25, 0.3) is 5.57 Å². The molecule has 0 saturated carbocycles. The molecule has 0 aromatic heterocycles. The maximum absolute atomic E-state index is 10.5. The minimum atomic E-state index is 0.697. The standard InChI is InChI=1S/C11H12O2/c1-3-9(8-12)10-4-6-11(13-2)7-5-10/h4-7H,3H2,1-2H3. The number of allylic oxidation sites excluding steroid dienone is 1. The van der Waals surface area contributed by atoms with Crippen LogP contribution in [0.5, 0.6) is 5.75 Å². The Bertz CT molecular complexity index is 318. The van der Waals surface area contributed by atoms with Crippen LogP contribution in [0.3, 0.4) is 0 Å². The van der Waals surface area contributed by atoms with Crippen LogP contribution in [0.4, 0.5) is 0 Å². The molecule has 0 spiro atoms. The first-order valence-corrected chi connectivity index (χ1v) is 4.20. The Hall–Kier alpha value is -1.53. The molecule has 0 heterocycles. The van der Waals surface area contributed by atoms with E-state index in [-0.39, 0.29) is 0 Å². The van der Waals surface area contributed by atoms with Crippen LogP contribution in [-0.2, 0) is 4.79 Å². The van der Waals surface area contributed by atoms with Gasteiger partial charge in [0.1, 0.15) is 11.7 Å². The monoisotopic (exact) mass is 176 g/mol. The van der Waals surface area contributed by atoms with Crippen molar-refractivity contribution in [2.45, 2.75) is 13.3 Å². The molecule has 0 bridgehead atoms. The molecule has 2 nitrogen and oxygen atoms in total. The number of hydrogen-bond acceptors (Lipinski definition) is 2. The summed E-state index contributed by atoms with van der Waals surface area (Å²) in [7, 11) is 1.62. The number of ether oxygens (including phenoxy) is 1. The molecule has 0 aliphatic heterocycles. The molecule has 1 aromatic carbocycles. The highest BCUT2D eigenvalue weighted by Gasteiger charge is 1.99. The zero-order valence-corrected chi connectivity index (χ0v) is 7.83. The summed E-state index contributed by atoms with van der Waals surface area (Å²) in [6.07, 6.45) is 0.704. The maximum Gasteiger partial charge on any atom is 0.128 e. The van der Waals surface area contributed by atoms with Gasteiger partial charge in [-0.15, -0.1) is 0 Å². The first-order chi connectivity index (χ1) is 6.31. The average molecular weight is 176 g/mol. The van der Waals surface area contributed by atoms with Crippen molar-refractivity contribution in [3.63, 3.8) is 0 Å². The van der Waals surface area contributed by atoms with Crippen molar-refractivity contribution in [2.75, 3.05) is 7.11 Å². The number of benzene rings is 1. The Balaban J connectivity index is 2.98. The van der Waals surface area contributed by atoms with Crippen molar-refractivity contribution in [3.05, 3.63) is 29.8 Å². The Labute approximate surface area is 77.8 Å². The summed E-state index contributed by atoms with van der Waals surface area (Å²) in [5.74, 6) is 2.73. The van der Waals surface area contributed by atoms with E-state index >= 15 is 0 Å². The van der Waals surface area contributed by atoms with Crippen LogP contribution in [0.15, 0.2) is 24.3 Å². The Morgan fingerprint density at radius 3 is 2.38 bits per heavy atom. The largest absolute Gasteiger partial charge is 0.497 e. The van der Waals surface area contributed by atoms with E-state index in [2.05, 4.69) is 0 Å². The maximum atomic E-state index is 10.5. The molecule has 0 amide bonds. The zero-order valence-electron chi connectivity index (χ0n) is 7.83. The van der Waals surface area contributed by atoms with E-state index in [0.717, 1.165) is 11.3 Å². The van der Waals surface area contributed by atoms with E-state index in [0.29, 0.717) is 12.0 Å². The second kappa shape index (κ2) is 4.48. The summed E-state index contributed by atoms with van der Waals surface area (Å²) in [4.78, 5) is 10.5. The molecule has 0 radical (unpaired) electrons. The van der Waals surface area contributed by atoms with Crippen LogP contribution in [0.1, 0.15) is 18.9 Å². The van der Waals surface area contributed by atoms with Gasteiger partial charge in [0, 0.05) is 5.57 Å². The van der Waals surface area contributed by atoms with Gasteiger partial charge < -0.3 is 4.74 Å². The average Bonchev–Trinajstić information content (AvgIpc) is 2.21. The molecule has 13 heavy (non-hydrogen) atoms. The second-order valence-electron chi connectivity index (χ2n) is 2.66. The second-order valence-corrected chi connectivity index (χ2v) is 2.66. The van der Waals surface area contributed by atoms with Crippen molar-refractivity contribution < 1.29 is 9.53 Å². The Morgan fingerprint density at radius 2 is 2.00 bits per heavy atom. The van der Waals surface area contributed by atoms with Gasteiger partial charge in [0.15, 0.2) is 0 Å². The van der Waals surface area contributed by atoms with Crippen molar-refractivity contribution in [1.29, 1.82) is 0 Å². The van der Waals surface area contributed by atoms with E-state index in [1.807, 2.05) is 37.1 Å². The van der Waals surface area contributed by atoms with E-state index in [9.17, 15) is 4.79 Å². The van der Waals surface area contributed by atoms with Gasteiger partial charge in [-0.1, -0.05) is 19.1 Å². The summed E-state index contributed by atoms with van der Waals surface area (Å²) in [5, 5.41) is 0. The SMILES string of the molecule is CCC(=C=O)c1ccc(OC)cc1. The van der Waals surface area contributed by atoms with E-state index < -0.39 is 0 Å². The van der Waals surface area contributed by atoms with E-state index in [4.69, 9.17) is 4.74 Å². The fraction of sp³-hybridized carbons (Fsp3) is 0.273. The summed E-state index contributed by atoms with van der Waals surface area (Å²) < 4.78 is 5.01. The minimum Gasteiger partial charge on any atom is -0.497 e. The van der Waals surface area contributed by atoms with Gasteiger partial charge in [-0.25, -0.2) is 4.79 Å². The molecule has 0 fully saturated rings. The third-order valence-corrected chi connectivity index (χ3v) is 1.92. The normalized spacial score (nSPS) is 9.08. The quantitative estimate of drug-likeness (QED) is 0.660. The molecule has 0 N–H and O–H groups in total. The smallest absolute Gasteiger partial charge is 0.128 e. The van der Waals surface area contributed by atoms with Crippen molar-refractivity contribution >= 4 is 11.5 Å². The highest BCUT2D eigenvalue weighted by Crippen LogP contribution is 2.18. The van der Waals surface area contributed by atoms with Gasteiger partial charge in [-0.05, 0) is 24.1 Å². The van der Waals surface area contributed by atoms with Gasteiger partial charge in [-0.3, -0.25) is 0 Å². The summed E-state index contributed by atoms with van der Waals surface area (Å²) >= 11 is 0. The molecule has 0 aliphatic rings. The summed E-state index contributed by atoms with van der Waals surface area (Å²) in [6.45, 7) is 1.93. The molecule has 0 aliphatic carbocycles. The molecular weight excluding hydrogens is 164 g/mol. The van der Waals surface area contributed by atoms with Gasteiger partial charge in [0.05, 0.1) is 7.11 Å². The van der Waals surface area contributed by atoms with Gasteiger partial charge in [0.25, 0.3) is 0 Å². The molecule has 0 atom stereocenters. The fourth-order valence-corrected chi connectivity index (χ4v) is 1.13. The minimum absolute atomic E-state index is 0.697. The highest BCUT2D eigenvalue weighted by atomic mass is 16.5. The molecule has 2 heteroatoms. The lowest BCUT2D eigenvalue weighted by Gasteiger charge is -2.02. The molecular formula is C11H12O2. The lowest BCUT2D eigenvalue weighted by atomic mass is 10.1. The van der Waals surface area contributed by atoms with Crippen molar-refractivity contribution in [1.82, 2.24) is 0 Å². The zero-order chi connectivity index (χ0) is 9.68. The number of methoxy groups -OCH3 is 1. The number of rotatable bonds is 3. The number of hydrogen-bond donors (Lipinski definition) is 0. The van der Waals surface area contributed by atoms with Gasteiger partial charge >= 0.3 is 0 Å². The van der Waals surface area contributed by atoms with Crippen LogP contribution in [0, 0.1) is 0 Å². The molecule has 1 aromatic rings. The Kier molecular flexibility index (Phi) is 3.30. The topological polar surface area (TPSA) is 26.3 Å². The predicted molar refractivity (Wildman–Crippen MR) is 52.4 cm³/mol. The third-order valence-electron chi connectivity index (χ3n) is 1.92. The summed E-state index contributed by atoms with van der Waals surface area (Å²) in [5.41, 5.74) is 1.61. The van der Waals surface area contributed by atoms with Gasteiger partial charge in [0.2, 0.25) is 0 Å². The molecule has 0 unspecified atom stereocenters. The first kappa shape index (κ1) is 9.56.